The number of hydrogen-bond donors (Lipinski definition) is 2. The van der Waals surface area contributed by atoms with Gasteiger partial charge in [-0.15, -0.1) is 0 Å². The number of carbonyl (C=O) groups excluding carboxylic acids is 1. The third kappa shape index (κ3) is 2.29. The monoisotopic (exact) mass is 206 g/mol. The molecule has 0 saturated heterocycles. The van der Waals surface area contributed by atoms with Gasteiger partial charge in [-0.1, -0.05) is 26.8 Å². The maximum absolute atomic E-state index is 11.2. The number of amides is 1. The molecule has 1 aromatic rings. The highest BCUT2D eigenvalue weighted by Gasteiger charge is 2.18. The summed E-state index contributed by atoms with van der Waals surface area (Å²) >= 11 is 0. The van der Waals surface area contributed by atoms with Crippen LogP contribution in [0.25, 0.3) is 0 Å². The highest BCUT2D eigenvalue weighted by Crippen LogP contribution is 2.28. The van der Waals surface area contributed by atoms with Gasteiger partial charge < -0.3 is 11.5 Å². The average molecular weight is 206 g/mol. The zero-order chi connectivity index (χ0) is 11.8. The molecule has 0 radical (unpaired) electrons. The van der Waals surface area contributed by atoms with Crippen LogP contribution in [-0.2, 0) is 5.41 Å². The van der Waals surface area contributed by atoms with Crippen LogP contribution in [0, 0.1) is 6.92 Å². The summed E-state index contributed by atoms with van der Waals surface area (Å²) in [6, 6.07) is 3.78. The standard InChI is InChI=1S/C12H18N2O/c1-7-5-8(12(2,3)4)6-9(10(7)13)11(14)15/h5-6H,13H2,1-4H3,(H2,14,15). The second-order valence-electron chi connectivity index (χ2n) is 4.87. The van der Waals surface area contributed by atoms with E-state index in [1.54, 1.807) is 6.07 Å². The number of rotatable bonds is 1. The van der Waals surface area contributed by atoms with Crippen LogP contribution in [-0.4, -0.2) is 5.91 Å². The van der Waals surface area contributed by atoms with Crippen molar-refractivity contribution in [2.75, 3.05) is 5.73 Å². The van der Waals surface area contributed by atoms with E-state index >= 15 is 0 Å². The fraction of sp³-hybridized carbons (Fsp3) is 0.417. The van der Waals surface area contributed by atoms with Gasteiger partial charge in [-0.05, 0) is 29.5 Å². The molecule has 1 aromatic carbocycles. The van der Waals surface area contributed by atoms with Gasteiger partial charge >= 0.3 is 0 Å². The Hall–Kier alpha value is -1.51. The molecular formula is C12H18N2O. The summed E-state index contributed by atoms with van der Waals surface area (Å²) in [5, 5.41) is 0. The summed E-state index contributed by atoms with van der Waals surface area (Å²) < 4.78 is 0. The molecule has 0 atom stereocenters. The topological polar surface area (TPSA) is 69.1 Å². The quantitative estimate of drug-likeness (QED) is 0.690. The van der Waals surface area contributed by atoms with Crippen LogP contribution in [0.15, 0.2) is 12.1 Å². The average Bonchev–Trinajstić information content (AvgIpc) is 2.06. The van der Waals surface area contributed by atoms with Gasteiger partial charge in [0, 0.05) is 5.69 Å². The molecule has 0 aliphatic rings. The van der Waals surface area contributed by atoms with Crippen LogP contribution in [0.5, 0.6) is 0 Å². The van der Waals surface area contributed by atoms with Gasteiger partial charge in [0.15, 0.2) is 0 Å². The molecule has 0 aliphatic carbocycles. The summed E-state index contributed by atoms with van der Waals surface area (Å²) in [5.74, 6) is -0.471. The molecule has 0 aliphatic heterocycles. The van der Waals surface area contributed by atoms with E-state index < -0.39 is 5.91 Å². The lowest BCUT2D eigenvalue weighted by Gasteiger charge is -2.21. The molecule has 0 fully saturated rings. The molecule has 0 unspecified atom stereocenters. The van der Waals surface area contributed by atoms with E-state index in [2.05, 4.69) is 20.8 Å². The Morgan fingerprint density at radius 1 is 1.27 bits per heavy atom. The minimum atomic E-state index is -0.471. The maximum Gasteiger partial charge on any atom is 0.250 e. The van der Waals surface area contributed by atoms with Gasteiger partial charge in [-0.25, -0.2) is 0 Å². The van der Waals surface area contributed by atoms with Gasteiger partial charge in [0.1, 0.15) is 0 Å². The SMILES string of the molecule is Cc1cc(C(C)(C)C)cc(C(N)=O)c1N. The Balaban J connectivity index is 3.43. The van der Waals surface area contributed by atoms with E-state index in [0.717, 1.165) is 11.1 Å². The Labute approximate surface area is 90.5 Å². The van der Waals surface area contributed by atoms with Crippen LogP contribution in [0.2, 0.25) is 0 Å². The highest BCUT2D eigenvalue weighted by atomic mass is 16.1. The highest BCUT2D eigenvalue weighted by molar-refractivity contribution is 5.98. The van der Waals surface area contributed by atoms with Crippen molar-refractivity contribution < 1.29 is 4.79 Å². The van der Waals surface area contributed by atoms with Crippen molar-refractivity contribution in [2.24, 2.45) is 5.73 Å². The predicted octanol–water partition coefficient (Wildman–Crippen LogP) is 1.97. The first-order valence-electron chi connectivity index (χ1n) is 4.94. The molecule has 0 aromatic heterocycles. The molecule has 3 nitrogen and oxygen atoms in total. The zero-order valence-electron chi connectivity index (χ0n) is 9.72. The van der Waals surface area contributed by atoms with Gasteiger partial charge in [0.25, 0.3) is 5.91 Å². The number of primary amides is 1. The fourth-order valence-electron chi connectivity index (χ4n) is 1.44. The van der Waals surface area contributed by atoms with E-state index in [0.29, 0.717) is 11.3 Å². The minimum absolute atomic E-state index is 0.0112. The minimum Gasteiger partial charge on any atom is -0.398 e. The van der Waals surface area contributed by atoms with Crippen molar-refractivity contribution in [2.45, 2.75) is 33.1 Å². The van der Waals surface area contributed by atoms with Crippen molar-refractivity contribution in [3.63, 3.8) is 0 Å². The Kier molecular flexibility index (Phi) is 2.75. The predicted molar refractivity (Wildman–Crippen MR) is 62.8 cm³/mol. The number of hydrogen-bond acceptors (Lipinski definition) is 2. The molecular weight excluding hydrogens is 188 g/mol. The Morgan fingerprint density at radius 2 is 1.80 bits per heavy atom. The first kappa shape index (κ1) is 11.6. The molecule has 1 amide bonds. The van der Waals surface area contributed by atoms with E-state index in [1.807, 2.05) is 13.0 Å². The van der Waals surface area contributed by atoms with Crippen molar-refractivity contribution >= 4 is 11.6 Å². The number of anilines is 1. The summed E-state index contributed by atoms with van der Waals surface area (Å²) in [4.78, 5) is 11.2. The van der Waals surface area contributed by atoms with Gasteiger partial charge in [-0.3, -0.25) is 4.79 Å². The molecule has 15 heavy (non-hydrogen) atoms. The van der Waals surface area contributed by atoms with Crippen molar-refractivity contribution in [3.05, 3.63) is 28.8 Å². The number of nitrogens with two attached hydrogens (primary N) is 2. The van der Waals surface area contributed by atoms with E-state index in [9.17, 15) is 4.79 Å². The lowest BCUT2D eigenvalue weighted by Crippen LogP contribution is -2.18. The largest absolute Gasteiger partial charge is 0.398 e. The van der Waals surface area contributed by atoms with Gasteiger partial charge in [0.05, 0.1) is 5.56 Å². The molecule has 0 heterocycles. The molecule has 0 spiro atoms. The molecule has 0 saturated carbocycles. The summed E-state index contributed by atoms with van der Waals surface area (Å²) in [5.41, 5.74) is 13.9. The van der Waals surface area contributed by atoms with Crippen LogP contribution in [0.3, 0.4) is 0 Å². The molecule has 4 N–H and O–H groups in total. The van der Waals surface area contributed by atoms with Crippen molar-refractivity contribution in [3.8, 4) is 0 Å². The molecule has 1 rings (SSSR count). The number of benzene rings is 1. The van der Waals surface area contributed by atoms with Crippen LogP contribution in [0.4, 0.5) is 5.69 Å². The summed E-state index contributed by atoms with van der Waals surface area (Å²) in [6.07, 6.45) is 0. The van der Waals surface area contributed by atoms with Crippen molar-refractivity contribution in [1.82, 2.24) is 0 Å². The number of carbonyl (C=O) groups is 1. The lowest BCUT2D eigenvalue weighted by atomic mass is 9.84. The molecule has 82 valence electrons. The van der Waals surface area contributed by atoms with E-state index in [1.165, 1.54) is 0 Å². The normalized spacial score (nSPS) is 11.5. The number of aryl methyl sites for hydroxylation is 1. The van der Waals surface area contributed by atoms with Gasteiger partial charge in [-0.2, -0.15) is 0 Å². The second kappa shape index (κ2) is 3.57. The van der Waals surface area contributed by atoms with E-state index in [4.69, 9.17) is 11.5 Å². The van der Waals surface area contributed by atoms with E-state index in [-0.39, 0.29) is 5.41 Å². The van der Waals surface area contributed by atoms with Crippen LogP contribution < -0.4 is 11.5 Å². The maximum atomic E-state index is 11.2. The molecule has 0 bridgehead atoms. The third-order valence-corrected chi connectivity index (χ3v) is 2.52. The van der Waals surface area contributed by atoms with Crippen LogP contribution in [0.1, 0.15) is 42.3 Å². The molecule has 3 heteroatoms. The van der Waals surface area contributed by atoms with Gasteiger partial charge in [0.2, 0.25) is 0 Å². The van der Waals surface area contributed by atoms with Crippen molar-refractivity contribution in [1.29, 1.82) is 0 Å². The zero-order valence-corrected chi connectivity index (χ0v) is 9.72. The second-order valence-corrected chi connectivity index (χ2v) is 4.87. The Morgan fingerprint density at radius 3 is 2.20 bits per heavy atom. The first-order valence-corrected chi connectivity index (χ1v) is 4.94. The first-order chi connectivity index (χ1) is 6.73. The number of nitrogen functional groups attached to an aromatic ring is 1. The summed E-state index contributed by atoms with van der Waals surface area (Å²) in [7, 11) is 0. The fourth-order valence-corrected chi connectivity index (χ4v) is 1.44. The Bertz CT molecular complexity index is 403. The summed E-state index contributed by atoms with van der Waals surface area (Å²) in [6.45, 7) is 8.14. The smallest absolute Gasteiger partial charge is 0.250 e. The van der Waals surface area contributed by atoms with Crippen LogP contribution >= 0.6 is 0 Å². The lowest BCUT2D eigenvalue weighted by molar-refractivity contribution is 0.100. The third-order valence-electron chi connectivity index (χ3n) is 2.52.